The maximum absolute atomic E-state index is 5.28. The van der Waals surface area contributed by atoms with E-state index in [-0.39, 0.29) is 0 Å². The van der Waals surface area contributed by atoms with E-state index in [1.54, 1.807) is 11.8 Å². The molecule has 6 heteroatoms. The summed E-state index contributed by atoms with van der Waals surface area (Å²) in [5, 5.41) is 0. The zero-order chi connectivity index (χ0) is 6.69. The maximum Gasteiger partial charge on any atom is 0.162 e. The Bertz CT molecular complexity index is 117. The number of nitrogens with zero attached hydrogens (tertiary/aromatic N) is 1. The average Bonchev–Trinajstić information content (AvgIpc) is 2.18. The first-order valence-corrected chi connectivity index (χ1v) is 4.71. The number of hydrogen-bond acceptors (Lipinski definition) is 5. The van der Waals surface area contributed by atoms with Crippen molar-refractivity contribution < 1.29 is 0 Å². The third-order valence-corrected chi connectivity index (χ3v) is 2.96. The molecule has 1 rings (SSSR count). The standard InChI is InChI=1S/C3H7N3S3/c4-1-9-6-3(7)8-2-5-6/h5H,1-2,4H2. The predicted octanol–water partition coefficient (Wildman–Crippen LogP) is 0.347. The molecule has 0 aromatic rings. The van der Waals surface area contributed by atoms with Gasteiger partial charge < -0.3 is 5.73 Å². The van der Waals surface area contributed by atoms with E-state index in [9.17, 15) is 0 Å². The molecule has 0 atom stereocenters. The van der Waals surface area contributed by atoms with Gasteiger partial charge in [-0.05, 0) is 11.9 Å². The van der Waals surface area contributed by atoms with Gasteiger partial charge in [0.1, 0.15) is 0 Å². The number of thioether (sulfide) groups is 1. The summed E-state index contributed by atoms with van der Waals surface area (Å²) in [6.07, 6.45) is 0. The van der Waals surface area contributed by atoms with Crippen molar-refractivity contribution in [3.8, 4) is 0 Å². The van der Waals surface area contributed by atoms with Crippen LogP contribution in [0, 0.1) is 0 Å². The van der Waals surface area contributed by atoms with Crippen LogP contribution >= 0.6 is 35.9 Å². The third-order valence-electron chi connectivity index (χ3n) is 0.773. The molecule has 0 aliphatic carbocycles. The highest BCUT2D eigenvalue weighted by Crippen LogP contribution is 2.19. The summed E-state index contributed by atoms with van der Waals surface area (Å²) in [5.74, 6) is 1.43. The molecule has 3 N–H and O–H groups in total. The van der Waals surface area contributed by atoms with Crippen LogP contribution in [0.4, 0.5) is 0 Å². The molecule has 0 amide bonds. The van der Waals surface area contributed by atoms with Gasteiger partial charge in [0, 0.05) is 0 Å². The van der Waals surface area contributed by atoms with E-state index in [1.165, 1.54) is 11.9 Å². The van der Waals surface area contributed by atoms with E-state index in [2.05, 4.69) is 5.43 Å². The molecular weight excluding hydrogens is 174 g/mol. The smallest absolute Gasteiger partial charge is 0.162 e. The lowest BCUT2D eigenvalue weighted by Crippen LogP contribution is -2.27. The monoisotopic (exact) mass is 181 g/mol. The van der Waals surface area contributed by atoms with Crippen LogP contribution in [0.25, 0.3) is 0 Å². The Kier molecular flexibility index (Phi) is 3.07. The highest BCUT2D eigenvalue weighted by atomic mass is 32.2. The number of hydrazine groups is 1. The predicted molar refractivity (Wildman–Crippen MR) is 46.7 cm³/mol. The Labute approximate surface area is 67.8 Å². The van der Waals surface area contributed by atoms with Gasteiger partial charge in [0.05, 0.1) is 11.8 Å². The molecular formula is C3H7N3S3. The minimum atomic E-state index is 0.563. The molecule has 1 saturated heterocycles. The second-order valence-corrected chi connectivity index (χ2v) is 3.87. The summed E-state index contributed by atoms with van der Waals surface area (Å²) in [6, 6.07) is 0. The van der Waals surface area contributed by atoms with Gasteiger partial charge in [-0.25, -0.2) is 9.84 Å². The molecule has 0 unspecified atom stereocenters. The molecule has 0 radical (unpaired) electrons. The third kappa shape index (κ3) is 1.98. The van der Waals surface area contributed by atoms with Crippen molar-refractivity contribution in [3.05, 3.63) is 0 Å². The van der Waals surface area contributed by atoms with Gasteiger partial charge >= 0.3 is 0 Å². The molecule has 0 aromatic carbocycles. The summed E-state index contributed by atoms with van der Waals surface area (Å²) in [5.41, 5.74) is 8.33. The molecule has 0 aromatic heterocycles. The summed E-state index contributed by atoms with van der Waals surface area (Å²) in [4.78, 5) is 0. The number of nitrogens with two attached hydrogens (primary N) is 1. The van der Waals surface area contributed by atoms with Crippen molar-refractivity contribution in [1.82, 2.24) is 9.84 Å². The molecule has 1 aliphatic heterocycles. The zero-order valence-electron chi connectivity index (χ0n) is 4.66. The van der Waals surface area contributed by atoms with Crippen molar-refractivity contribution in [1.29, 1.82) is 0 Å². The SMILES string of the molecule is NCSN1NCSC1=S. The van der Waals surface area contributed by atoms with Crippen molar-refractivity contribution in [2.24, 2.45) is 5.73 Å². The van der Waals surface area contributed by atoms with Gasteiger partial charge in [0.2, 0.25) is 0 Å². The van der Waals surface area contributed by atoms with Crippen LogP contribution in [0.2, 0.25) is 0 Å². The van der Waals surface area contributed by atoms with Gasteiger partial charge in [-0.3, -0.25) is 0 Å². The van der Waals surface area contributed by atoms with Crippen LogP contribution in [0.3, 0.4) is 0 Å². The van der Waals surface area contributed by atoms with Crippen molar-refractivity contribution in [2.75, 3.05) is 11.8 Å². The Hall–Kier alpha value is 0.510. The van der Waals surface area contributed by atoms with Crippen LogP contribution in [-0.2, 0) is 0 Å². The molecule has 0 bridgehead atoms. The average molecular weight is 181 g/mol. The second kappa shape index (κ2) is 3.62. The fourth-order valence-electron chi connectivity index (χ4n) is 0.449. The van der Waals surface area contributed by atoms with Gasteiger partial charge in [0.25, 0.3) is 0 Å². The Balaban J connectivity index is 2.31. The van der Waals surface area contributed by atoms with E-state index in [4.69, 9.17) is 18.0 Å². The van der Waals surface area contributed by atoms with Crippen molar-refractivity contribution >= 4 is 40.2 Å². The normalized spacial score (nSPS) is 19.2. The number of thiocarbonyl (C=S) groups is 1. The van der Waals surface area contributed by atoms with Crippen LogP contribution in [0.1, 0.15) is 0 Å². The number of hydrogen-bond donors (Lipinski definition) is 2. The minimum Gasteiger partial charge on any atom is -0.320 e. The molecule has 0 spiro atoms. The van der Waals surface area contributed by atoms with Gasteiger partial charge in [-0.15, -0.1) is 0 Å². The van der Waals surface area contributed by atoms with E-state index in [0.717, 1.165) is 10.2 Å². The van der Waals surface area contributed by atoms with E-state index >= 15 is 0 Å². The fourth-order valence-corrected chi connectivity index (χ4v) is 2.16. The molecule has 3 nitrogen and oxygen atoms in total. The molecule has 0 saturated carbocycles. The Morgan fingerprint density at radius 1 is 2.00 bits per heavy atom. The van der Waals surface area contributed by atoms with E-state index in [0.29, 0.717) is 5.88 Å². The van der Waals surface area contributed by atoms with Gasteiger partial charge in [-0.1, -0.05) is 24.0 Å². The van der Waals surface area contributed by atoms with Crippen molar-refractivity contribution in [2.45, 2.75) is 0 Å². The van der Waals surface area contributed by atoms with Gasteiger partial charge in [-0.2, -0.15) is 0 Å². The molecule has 1 aliphatic rings. The quantitative estimate of drug-likeness (QED) is 0.364. The minimum absolute atomic E-state index is 0.563. The molecule has 1 heterocycles. The summed E-state index contributed by atoms with van der Waals surface area (Å²) < 4.78 is 2.69. The van der Waals surface area contributed by atoms with Crippen molar-refractivity contribution in [3.63, 3.8) is 0 Å². The molecule has 9 heavy (non-hydrogen) atoms. The van der Waals surface area contributed by atoms with E-state index in [1.807, 2.05) is 4.41 Å². The molecule has 52 valence electrons. The lowest BCUT2D eigenvalue weighted by molar-refractivity contribution is 0.573. The van der Waals surface area contributed by atoms with Gasteiger partial charge in [0.15, 0.2) is 4.32 Å². The Morgan fingerprint density at radius 3 is 3.22 bits per heavy atom. The number of rotatable bonds is 2. The lowest BCUT2D eigenvalue weighted by Gasteiger charge is -2.12. The van der Waals surface area contributed by atoms with Crippen LogP contribution < -0.4 is 11.2 Å². The highest BCUT2D eigenvalue weighted by Gasteiger charge is 2.15. The first-order chi connectivity index (χ1) is 4.34. The highest BCUT2D eigenvalue weighted by molar-refractivity contribution is 8.24. The fraction of sp³-hybridized carbons (Fsp3) is 0.667. The summed E-state index contributed by atoms with van der Waals surface area (Å²) in [7, 11) is 0. The lowest BCUT2D eigenvalue weighted by atomic mass is 11.4. The maximum atomic E-state index is 5.28. The number of nitrogens with one attached hydrogen (secondary N) is 1. The van der Waals surface area contributed by atoms with Crippen LogP contribution in [0.15, 0.2) is 0 Å². The summed E-state index contributed by atoms with van der Waals surface area (Å²) in [6.45, 7) is 0. The largest absolute Gasteiger partial charge is 0.320 e. The van der Waals surface area contributed by atoms with Crippen LogP contribution in [0.5, 0.6) is 0 Å². The summed E-state index contributed by atoms with van der Waals surface area (Å²) >= 11 is 8.06. The zero-order valence-corrected chi connectivity index (χ0v) is 7.11. The Morgan fingerprint density at radius 2 is 2.78 bits per heavy atom. The first kappa shape index (κ1) is 7.62. The topological polar surface area (TPSA) is 41.3 Å². The first-order valence-electron chi connectivity index (χ1n) is 2.38. The van der Waals surface area contributed by atoms with E-state index < -0.39 is 0 Å². The van der Waals surface area contributed by atoms with Crippen LogP contribution in [-0.4, -0.2) is 20.5 Å². The molecule has 1 fully saturated rings. The second-order valence-electron chi connectivity index (χ2n) is 1.30.